The van der Waals surface area contributed by atoms with Gasteiger partial charge in [-0.3, -0.25) is 14.9 Å². The maximum Gasteiger partial charge on any atom is 0.387 e. The lowest BCUT2D eigenvalue weighted by atomic mass is 10.2. The summed E-state index contributed by atoms with van der Waals surface area (Å²) in [4.78, 5) is 22.4. The van der Waals surface area contributed by atoms with Crippen molar-refractivity contribution < 1.29 is 23.2 Å². The van der Waals surface area contributed by atoms with Crippen LogP contribution in [0.15, 0.2) is 53.7 Å². The fraction of sp³-hybridized carbons (Fsp3) is 0.167. The third-order valence-corrected chi connectivity index (χ3v) is 4.87. The Balaban J connectivity index is 1.62. The number of aromatic nitrogens is 3. The Hall–Kier alpha value is -3.54. The molecule has 1 amide bonds. The molecule has 0 aliphatic rings. The molecule has 0 spiro atoms. The molecule has 0 saturated carbocycles. The number of anilines is 1. The summed E-state index contributed by atoms with van der Waals surface area (Å²) in [7, 11) is 1.71. The lowest BCUT2D eigenvalue weighted by molar-refractivity contribution is -0.384. The van der Waals surface area contributed by atoms with Gasteiger partial charge in [-0.25, -0.2) is 0 Å². The molecule has 9 nitrogen and oxygen atoms in total. The molecule has 0 atom stereocenters. The number of nitro benzene ring substituents is 1. The standard InChI is InChI=1S/C18H15F2N5O4S/c1-24-16(11-5-7-14(8-6-11)29-17(19)20)22-23-18(24)30-10-15(26)21-12-3-2-4-13(9-12)25(27)28/h2-9,17H,10H2,1H3,(H,21,26). The number of nitrogens with one attached hydrogen (secondary N) is 1. The number of amides is 1. The highest BCUT2D eigenvalue weighted by molar-refractivity contribution is 7.99. The number of carbonyl (C=O) groups excluding carboxylic acids is 1. The van der Waals surface area contributed by atoms with Gasteiger partial charge in [-0.1, -0.05) is 17.8 Å². The highest BCUT2D eigenvalue weighted by Gasteiger charge is 2.14. The second-order valence-corrected chi connectivity index (χ2v) is 6.85. The fourth-order valence-corrected chi connectivity index (χ4v) is 3.21. The monoisotopic (exact) mass is 435 g/mol. The predicted molar refractivity (Wildman–Crippen MR) is 106 cm³/mol. The van der Waals surface area contributed by atoms with Crippen LogP contribution in [0.1, 0.15) is 0 Å². The molecule has 0 aliphatic heterocycles. The number of nitrogens with zero attached hydrogens (tertiary/aromatic N) is 4. The maximum absolute atomic E-state index is 12.2. The second-order valence-electron chi connectivity index (χ2n) is 5.91. The zero-order valence-electron chi connectivity index (χ0n) is 15.5. The number of hydrogen-bond acceptors (Lipinski definition) is 7. The smallest absolute Gasteiger partial charge is 0.387 e. The van der Waals surface area contributed by atoms with E-state index in [2.05, 4.69) is 20.3 Å². The Morgan fingerprint density at radius 2 is 2.00 bits per heavy atom. The van der Waals surface area contributed by atoms with Crippen molar-refractivity contribution in [1.29, 1.82) is 0 Å². The number of rotatable bonds is 8. The van der Waals surface area contributed by atoms with Crippen molar-refractivity contribution >= 4 is 29.0 Å². The number of ether oxygens (including phenoxy) is 1. The van der Waals surface area contributed by atoms with Gasteiger partial charge in [0.25, 0.3) is 5.69 Å². The van der Waals surface area contributed by atoms with Gasteiger partial charge in [-0.05, 0) is 30.3 Å². The second kappa shape index (κ2) is 9.31. The molecular formula is C18H15F2N5O4S. The average Bonchev–Trinajstić information content (AvgIpc) is 3.07. The first-order valence-electron chi connectivity index (χ1n) is 8.45. The Kier molecular flexibility index (Phi) is 6.57. The molecule has 0 bridgehead atoms. The minimum absolute atomic E-state index is 0.00975. The summed E-state index contributed by atoms with van der Waals surface area (Å²) in [6, 6.07) is 11.6. The van der Waals surface area contributed by atoms with Crippen LogP contribution in [0, 0.1) is 10.1 Å². The van der Waals surface area contributed by atoms with E-state index >= 15 is 0 Å². The van der Waals surface area contributed by atoms with Crippen LogP contribution in [-0.4, -0.2) is 38.0 Å². The van der Waals surface area contributed by atoms with Crippen LogP contribution in [-0.2, 0) is 11.8 Å². The largest absolute Gasteiger partial charge is 0.435 e. The number of benzene rings is 2. The summed E-state index contributed by atoms with van der Waals surface area (Å²) in [5, 5.41) is 22.0. The van der Waals surface area contributed by atoms with Crippen LogP contribution in [0.3, 0.4) is 0 Å². The van der Waals surface area contributed by atoms with Gasteiger partial charge in [-0.15, -0.1) is 10.2 Å². The van der Waals surface area contributed by atoms with E-state index < -0.39 is 11.5 Å². The molecule has 2 aromatic carbocycles. The summed E-state index contributed by atoms with van der Waals surface area (Å²) in [5.41, 5.74) is 0.836. The van der Waals surface area contributed by atoms with Crippen molar-refractivity contribution in [1.82, 2.24) is 14.8 Å². The van der Waals surface area contributed by atoms with E-state index in [4.69, 9.17) is 0 Å². The molecule has 0 saturated heterocycles. The van der Waals surface area contributed by atoms with Gasteiger partial charge in [0, 0.05) is 30.4 Å². The van der Waals surface area contributed by atoms with Crippen LogP contribution in [0.2, 0.25) is 0 Å². The summed E-state index contributed by atoms with van der Waals surface area (Å²) in [5.74, 6) is 0.164. The first kappa shape index (κ1) is 21.2. The molecule has 0 radical (unpaired) electrons. The highest BCUT2D eigenvalue weighted by Crippen LogP contribution is 2.25. The summed E-state index contributed by atoms with van der Waals surface area (Å²) in [6.07, 6.45) is 0. The van der Waals surface area contributed by atoms with Crippen LogP contribution >= 0.6 is 11.8 Å². The van der Waals surface area contributed by atoms with Crippen molar-refractivity contribution in [3.05, 3.63) is 58.6 Å². The van der Waals surface area contributed by atoms with E-state index in [0.29, 0.717) is 22.2 Å². The molecule has 0 unspecified atom stereocenters. The van der Waals surface area contributed by atoms with Gasteiger partial charge >= 0.3 is 6.61 Å². The molecule has 1 heterocycles. The van der Waals surface area contributed by atoms with Crippen LogP contribution < -0.4 is 10.1 Å². The zero-order valence-corrected chi connectivity index (χ0v) is 16.3. The Morgan fingerprint density at radius 1 is 1.27 bits per heavy atom. The molecule has 30 heavy (non-hydrogen) atoms. The Morgan fingerprint density at radius 3 is 2.67 bits per heavy atom. The lowest BCUT2D eigenvalue weighted by Crippen LogP contribution is -2.14. The molecule has 0 fully saturated rings. The number of halogens is 2. The van der Waals surface area contributed by atoms with Crippen molar-refractivity contribution in [3.63, 3.8) is 0 Å². The van der Waals surface area contributed by atoms with E-state index in [0.717, 1.165) is 11.8 Å². The van der Waals surface area contributed by atoms with Crippen LogP contribution in [0.25, 0.3) is 11.4 Å². The molecule has 1 aromatic heterocycles. The lowest BCUT2D eigenvalue weighted by Gasteiger charge is -2.07. The number of nitro groups is 1. The normalized spacial score (nSPS) is 10.8. The minimum atomic E-state index is -2.90. The predicted octanol–water partition coefficient (Wildman–Crippen LogP) is 3.72. The molecule has 156 valence electrons. The minimum Gasteiger partial charge on any atom is -0.435 e. The number of thioether (sulfide) groups is 1. The SMILES string of the molecule is Cn1c(SCC(=O)Nc2cccc([N+](=O)[O-])c2)nnc1-c1ccc(OC(F)F)cc1. The first-order chi connectivity index (χ1) is 14.3. The number of hydrogen-bond donors (Lipinski definition) is 1. The van der Waals surface area contributed by atoms with Crippen LogP contribution in [0.4, 0.5) is 20.2 Å². The summed E-state index contributed by atoms with van der Waals surface area (Å²) >= 11 is 1.13. The molecule has 1 N–H and O–H groups in total. The van der Waals surface area contributed by atoms with E-state index in [1.807, 2.05) is 0 Å². The van der Waals surface area contributed by atoms with E-state index in [1.165, 1.54) is 30.3 Å². The van der Waals surface area contributed by atoms with Crippen molar-refractivity contribution in [2.24, 2.45) is 7.05 Å². The maximum atomic E-state index is 12.2. The van der Waals surface area contributed by atoms with Crippen LogP contribution in [0.5, 0.6) is 5.75 Å². The van der Waals surface area contributed by atoms with Gasteiger partial charge in [0.05, 0.1) is 10.7 Å². The summed E-state index contributed by atoms with van der Waals surface area (Å²) in [6.45, 7) is -2.90. The third-order valence-electron chi connectivity index (χ3n) is 3.85. The fourth-order valence-electron chi connectivity index (χ4n) is 2.50. The van der Waals surface area contributed by atoms with Gasteiger partial charge in [0.1, 0.15) is 5.75 Å². The van der Waals surface area contributed by atoms with Gasteiger partial charge in [0.15, 0.2) is 11.0 Å². The average molecular weight is 435 g/mol. The molecule has 3 rings (SSSR count). The zero-order chi connectivity index (χ0) is 21.7. The highest BCUT2D eigenvalue weighted by atomic mass is 32.2. The van der Waals surface area contributed by atoms with E-state index in [9.17, 15) is 23.7 Å². The van der Waals surface area contributed by atoms with Crippen molar-refractivity contribution in [3.8, 4) is 17.1 Å². The third kappa shape index (κ3) is 5.29. The van der Waals surface area contributed by atoms with Gasteiger partial charge < -0.3 is 14.6 Å². The van der Waals surface area contributed by atoms with E-state index in [-0.39, 0.29) is 23.1 Å². The van der Waals surface area contributed by atoms with Crippen molar-refractivity contribution in [2.75, 3.05) is 11.1 Å². The van der Waals surface area contributed by atoms with Gasteiger partial charge in [0.2, 0.25) is 5.91 Å². The molecule has 3 aromatic rings. The number of carbonyl (C=O) groups is 1. The quantitative estimate of drug-likeness (QED) is 0.326. The Labute approximate surface area is 173 Å². The Bertz CT molecular complexity index is 1060. The first-order valence-corrected chi connectivity index (χ1v) is 9.44. The molecule has 0 aliphatic carbocycles. The number of alkyl halides is 2. The van der Waals surface area contributed by atoms with Crippen molar-refractivity contribution in [2.45, 2.75) is 11.8 Å². The summed E-state index contributed by atoms with van der Waals surface area (Å²) < 4.78 is 30.5. The van der Waals surface area contributed by atoms with E-state index in [1.54, 1.807) is 29.8 Å². The topological polar surface area (TPSA) is 112 Å². The van der Waals surface area contributed by atoms with Gasteiger partial charge in [-0.2, -0.15) is 8.78 Å². The number of non-ortho nitro benzene ring substituents is 1. The molecule has 12 heteroatoms. The molecular weight excluding hydrogens is 420 g/mol.